The lowest BCUT2D eigenvalue weighted by Crippen LogP contribution is -2.64. The molecule has 2 nitrogen and oxygen atoms in total. The fourth-order valence-corrected chi connectivity index (χ4v) is 11.5. The highest BCUT2D eigenvalue weighted by Gasteiger charge is 2.68. The van der Waals surface area contributed by atoms with Crippen molar-refractivity contribution in [3.63, 3.8) is 0 Å². The van der Waals surface area contributed by atoms with Crippen molar-refractivity contribution in [1.82, 2.24) is 0 Å². The molecule has 0 radical (unpaired) electrons. The Balaban J connectivity index is 1.54. The lowest BCUT2D eigenvalue weighted by molar-refractivity contribution is -0.194. The summed E-state index contributed by atoms with van der Waals surface area (Å²) < 4.78 is 0. The van der Waals surface area contributed by atoms with E-state index in [0.29, 0.717) is 39.9 Å². The lowest BCUT2D eigenvalue weighted by atomic mass is 9.33. The highest BCUT2D eigenvalue weighted by Crippen LogP contribution is 2.76. The molecule has 4 saturated carbocycles. The molecule has 0 bridgehead atoms. The first-order chi connectivity index (χ1) is 15.7. The van der Waals surface area contributed by atoms with Gasteiger partial charge in [0.15, 0.2) is 0 Å². The third-order valence-corrected chi connectivity index (χ3v) is 14.1. The summed E-state index contributed by atoms with van der Waals surface area (Å²) in [4.78, 5) is 11.7. The zero-order valence-corrected chi connectivity index (χ0v) is 23.5. The summed E-state index contributed by atoms with van der Waals surface area (Å²) >= 11 is 0. The smallest absolute Gasteiger partial charge is 0.303 e. The highest BCUT2D eigenvalue weighted by molar-refractivity contribution is 5.67. The van der Waals surface area contributed by atoms with Crippen molar-refractivity contribution < 1.29 is 9.90 Å². The van der Waals surface area contributed by atoms with Crippen LogP contribution in [0.1, 0.15) is 120 Å². The number of allylic oxidation sites excluding steroid dienone is 2. The largest absolute Gasteiger partial charge is 0.481 e. The zero-order valence-electron chi connectivity index (χ0n) is 23.5. The van der Waals surface area contributed by atoms with Crippen LogP contribution in [0.2, 0.25) is 0 Å². The Kier molecular flexibility index (Phi) is 5.57. The molecule has 192 valence electrons. The minimum absolute atomic E-state index is 0.107. The molecule has 4 fully saturated rings. The van der Waals surface area contributed by atoms with Crippen LogP contribution in [0.4, 0.5) is 0 Å². The van der Waals surface area contributed by atoms with Gasteiger partial charge in [0.25, 0.3) is 0 Å². The monoisotopic (exact) mass is 468 g/mol. The normalized spacial score (nSPS) is 54.1. The number of hydrogen-bond donors (Lipinski definition) is 1. The molecule has 34 heavy (non-hydrogen) atoms. The van der Waals surface area contributed by atoms with Crippen LogP contribution in [0.15, 0.2) is 11.6 Å². The summed E-state index contributed by atoms with van der Waals surface area (Å²) in [6, 6.07) is 0. The number of hydrogen-bond acceptors (Lipinski definition) is 1. The number of carboxylic acids is 1. The SMILES string of the molecule is C[C@H]1[C@H](C)CC[C@]2(C)CC[C@]3(C)C(=CC[C@@H]4[C@@]5(C)CC[C@H](CC(=O)O)C(C)(C)[C@@H]5CC[C@]43C)[C@H]12. The van der Waals surface area contributed by atoms with Gasteiger partial charge in [0.05, 0.1) is 0 Å². The molecular formula is C32H52O2. The third kappa shape index (κ3) is 3.08. The van der Waals surface area contributed by atoms with E-state index in [1.54, 1.807) is 0 Å². The van der Waals surface area contributed by atoms with Gasteiger partial charge in [0.1, 0.15) is 0 Å². The molecule has 0 spiro atoms. The third-order valence-electron chi connectivity index (χ3n) is 14.1. The van der Waals surface area contributed by atoms with Gasteiger partial charge in [-0.2, -0.15) is 0 Å². The van der Waals surface area contributed by atoms with Crippen LogP contribution in [-0.4, -0.2) is 11.1 Å². The van der Waals surface area contributed by atoms with Gasteiger partial charge in [0.2, 0.25) is 0 Å². The summed E-state index contributed by atoms with van der Waals surface area (Å²) in [7, 11) is 0. The van der Waals surface area contributed by atoms with Gasteiger partial charge in [-0.05, 0) is 120 Å². The fraction of sp³-hybridized carbons (Fsp3) is 0.906. The number of carboxylic acid groups (broad SMARTS) is 1. The van der Waals surface area contributed by atoms with Crippen LogP contribution < -0.4 is 0 Å². The van der Waals surface area contributed by atoms with Crippen molar-refractivity contribution in [2.75, 3.05) is 0 Å². The molecule has 0 amide bonds. The van der Waals surface area contributed by atoms with Crippen LogP contribution in [0, 0.1) is 62.6 Å². The van der Waals surface area contributed by atoms with Crippen molar-refractivity contribution in [3.8, 4) is 0 Å². The summed E-state index contributed by atoms with van der Waals surface area (Å²) in [5, 5.41) is 9.60. The molecule has 10 atom stereocenters. The predicted octanol–water partition coefficient (Wildman–Crippen LogP) is 8.75. The van der Waals surface area contributed by atoms with Gasteiger partial charge in [-0.15, -0.1) is 0 Å². The van der Waals surface area contributed by atoms with Crippen LogP contribution in [0.3, 0.4) is 0 Å². The number of carbonyl (C=O) groups is 1. The molecule has 1 N–H and O–H groups in total. The molecule has 0 aliphatic heterocycles. The number of fused-ring (bicyclic) bond motifs is 7. The van der Waals surface area contributed by atoms with Crippen LogP contribution in [0.5, 0.6) is 0 Å². The molecule has 0 saturated heterocycles. The molecule has 2 heteroatoms. The second-order valence-corrected chi connectivity index (χ2v) is 15.5. The molecule has 5 aliphatic rings. The van der Waals surface area contributed by atoms with E-state index in [1.807, 2.05) is 5.57 Å². The second-order valence-electron chi connectivity index (χ2n) is 15.5. The molecule has 0 aromatic rings. The fourth-order valence-electron chi connectivity index (χ4n) is 11.5. The molecule has 5 rings (SSSR count). The molecule has 0 aromatic heterocycles. The molecule has 0 unspecified atom stereocenters. The van der Waals surface area contributed by atoms with E-state index in [2.05, 4.69) is 61.5 Å². The number of aliphatic carboxylic acids is 1. The van der Waals surface area contributed by atoms with Gasteiger partial charge in [-0.25, -0.2) is 0 Å². The van der Waals surface area contributed by atoms with Gasteiger partial charge in [0, 0.05) is 6.42 Å². The van der Waals surface area contributed by atoms with Crippen molar-refractivity contribution in [3.05, 3.63) is 11.6 Å². The minimum atomic E-state index is -0.610. The lowest BCUT2D eigenvalue weighted by Gasteiger charge is -2.71. The predicted molar refractivity (Wildman–Crippen MR) is 140 cm³/mol. The second kappa shape index (κ2) is 7.61. The van der Waals surface area contributed by atoms with E-state index in [0.717, 1.165) is 30.1 Å². The maximum absolute atomic E-state index is 11.7. The summed E-state index contributed by atoms with van der Waals surface area (Å²) in [6.07, 6.45) is 14.9. The standard InChI is InChI=1S/C32H52O2/c1-20-11-14-29(5)17-18-31(7)23(27(29)21(20)2)9-10-25-30(6)15-12-22(19-26(33)34)28(3,4)24(30)13-16-32(25,31)8/h9,20-22,24-25,27H,10-19H2,1-8H3,(H,33,34)/t20-,21+,22-,24+,25-,27+,29-,30+,31-,32-/m1/s1. The maximum atomic E-state index is 11.7. The molecule has 0 aromatic carbocycles. The van der Waals surface area contributed by atoms with Gasteiger partial charge >= 0.3 is 5.97 Å². The average molecular weight is 469 g/mol. The van der Waals surface area contributed by atoms with Crippen molar-refractivity contribution in [2.45, 2.75) is 120 Å². The Morgan fingerprint density at radius 2 is 1.62 bits per heavy atom. The number of rotatable bonds is 2. The van der Waals surface area contributed by atoms with Crippen LogP contribution >= 0.6 is 0 Å². The van der Waals surface area contributed by atoms with E-state index in [9.17, 15) is 9.90 Å². The van der Waals surface area contributed by atoms with Gasteiger partial charge in [-0.1, -0.05) is 67.0 Å². The van der Waals surface area contributed by atoms with E-state index >= 15 is 0 Å². The van der Waals surface area contributed by atoms with Crippen molar-refractivity contribution in [1.29, 1.82) is 0 Å². The zero-order chi connectivity index (χ0) is 24.9. The maximum Gasteiger partial charge on any atom is 0.303 e. The van der Waals surface area contributed by atoms with Crippen LogP contribution in [-0.2, 0) is 4.79 Å². The quantitative estimate of drug-likeness (QED) is 0.411. The van der Waals surface area contributed by atoms with E-state index < -0.39 is 5.97 Å². The minimum Gasteiger partial charge on any atom is -0.481 e. The van der Waals surface area contributed by atoms with Crippen molar-refractivity contribution in [2.24, 2.45) is 62.6 Å². The Bertz CT molecular complexity index is 885. The van der Waals surface area contributed by atoms with Gasteiger partial charge in [-0.3, -0.25) is 4.79 Å². The summed E-state index contributed by atoms with van der Waals surface area (Å²) in [5.74, 6) is 3.46. The summed E-state index contributed by atoms with van der Waals surface area (Å²) in [6.45, 7) is 20.5. The summed E-state index contributed by atoms with van der Waals surface area (Å²) in [5.41, 5.74) is 3.47. The highest BCUT2D eigenvalue weighted by atomic mass is 16.4. The van der Waals surface area contributed by atoms with E-state index in [1.165, 1.54) is 51.4 Å². The Morgan fingerprint density at radius 3 is 2.29 bits per heavy atom. The first-order valence-corrected chi connectivity index (χ1v) is 14.6. The first-order valence-electron chi connectivity index (χ1n) is 14.6. The molecule has 0 heterocycles. The topological polar surface area (TPSA) is 37.3 Å². The Hall–Kier alpha value is -0.790. The van der Waals surface area contributed by atoms with E-state index in [4.69, 9.17) is 0 Å². The molecule has 5 aliphatic carbocycles. The van der Waals surface area contributed by atoms with Crippen LogP contribution in [0.25, 0.3) is 0 Å². The molecular weight excluding hydrogens is 416 g/mol. The first kappa shape index (κ1) is 24.9. The van der Waals surface area contributed by atoms with Gasteiger partial charge < -0.3 is 5.11 Å². The van der Waals surface area contributed by atoms with E-state index in [-0.39, 0.29) is 5.41 Å². The average Bonchev–Trinajstić information content (AvgIpc) is 2.74. The Morgan fingerprint density at radius 1 is 0.912 bits per heavy atom. The van der Waals surface area contributed by atoms with Crippen molar-refractivity contribution >= 4 is 5.97 Å². The Labute approximate surface area is 209 Å².